The van der Waals surface area contributed by atoms with Crippen LogP contribution in [0.3, 0.4) is 0 Å². The molecule has 0 saturated carbocycles. The summed E-state index contributed by atoms with van der Waals surface area (Å²) < 4.78 is 10.9. The van der Waals surface area contributed by atoms with Crippen LogP contribution in [0.15, 0.2) is 51.4 Å². The van der Waals surface area contributed by atoms with E-state index in [0.717, 1.165) is 10.4 Å². The fraction of sp³-hybridized carbons (Fsp3) is 0.235. The van der Waals surface area contributed by atoms with Crippen molar-refractivity contribution in [2.24, 2.45) is 0 Å². The van der Waals surface area contributed by atoms with Gasteiger partial charge < -0.3 is 14.1 Å². The molecule has 0 N–H and O–H groups in total. The lowest BCUT2D eigenvalue weighted by Crippen LogP contribution is -2.27. The van der Waals surface area contributed by atoms with Crippen LogP contribution in [0, 0.1) is 0 Å². The van der Waals surface area contributed by atoms with Gasteiger partial charge in [-0.05, 0) is 23.6 Å². The maximum atomic E-state index is 12.2. The van der Waals surface area contributed by atoms with E-state index in [0.29, 0.717) is 23.4 Å². The summed E-state index contributed by atoms with van der Waals surface area (Å²) in [6.07, 6.45) is 0. The fourth-order valence-corrected chi connectivity index (χ4v) is 3.62. The smallest absolute Gasteiger partial charge is 0.277 e. The van der Waals surface area contributed by atoms with E-state index >= 15 is 0 Å². The van der Waals surface area contributed by atoms with Gasteiger partial charge in [-0.2, -0.15) is 0 Å². The summed E-state index contributed by atoms with van der Waals surface area (Å²) in [5.41, 5.74) is 0.727. The summed E-state index contributed by atoms with van der Waals surface area (Å²) in [4.78, 5) is 15.1. The predicted octanol–water partition coefficient (Wildman–Crippen LogP) is 3.56. The number of ether oxygens (including phenoxy) is 1. The monoisotopic (exact) mass is 375 g/mol. The SMILES string of the molecule is COc1ccccc1-c1nnc(SCC(=O)N(C)Cc2cccs2)o1. The minimum absolute atomic E-state index is 0.00967. The van der Waals surface area contributed by atoms with E-state index in [1.165, 1.54) is 11.8 Å². The maximum Gasteiger partial charge on any atom is 0.277 e. The fourth-order valence-electron chi connectivity index (χ4n) is 2.16. The Balaban J connectivity index is 1.59. The molecule has 2 heterocycles. The van der Waals surface area contributed by atoms with Gasteiger partial charge in [0.05, 0.1) is 25.0 Å². The number of hydrogen-bond acceptors (Lipinski definition) is 7. The topological polar surface area (TPSA) is 68.5 Å². The highest BCUT2D eigenvalue weighted by atomic mass is 32.2. The third-order valence-electron chi connectivity index (χ3n) is 3.46. The number of rotatable bonds is 7. The van der Waals surface area contributed by atoms with Gasteiger partial charge in [0.15, 0.2) is 0 Å². The summed E-state index contributed by atoms with van der Waals surface area (Å²) in [5, 5.41) is 10.4. The zero-order chi connectivity index (χ0) is 17.6. The molecule has 1 amide bonds. The number of thioether (sulfide) groups is 1. The normalized spacial score (nSPS) is 10.6. The quantitative estimate of drug-likeness (QED) is 0.588. The zero-order valence-electron chi connectivity index (χ0n) is 13.8. The second kappa shape index (κ2) is 8.17. The van der Waals surface area contributed by atoms with Crippen LogP contribution >= 0.6 is 23.1 Å². The van der Waals surface area contributed by atoms with Crippen LogP contribution < -0.4 is 4.74 Å². The predicted molar refractivity (Wildman–Crippen MR) is 97.8 cm³/mol. The first kappa shape index (κ1) is 17.5. The van der Waals surface area contributed by atoms with Crippen molar-refractivity contribution < 1.29 is 13.9 Å². The van der Waals surface area contributed by atoms with E-state index in [4.69, 9.17) is 9.15 Å². The van der Waals surface area contributed by atoms with Gasteiger partial charge in [-0.1, -0.05) is 30.0 Å². The molecule has 2 aromatic heterocycles. The highest BCUT2D eigenvalue weighted by Crippen LogP contribution is 2.30. The molecule has 0 aliphatic heterocycles. The van der Waals surface area contributed by atoms with Crippen LogP contribution in [0.5, 0.6) is 5.75 Å². The van der Waals surface area contributed by atoms with Crippen molar-refractivity contribution in [3.05, 3.63) is 46.7 Å². The number of nitrogens with zero attached hydrogens (tertiary/aromatic N) is 3. The van der Waals surface area contributed by atoms with Crippen LogP contribution in [0.25, 0.3) is 11.5 Å². The lowest BCUT2D eigenvalue weighted by atomic mass is 10.2. The summed E-state index contributed by atoms with van der Waals surface area (Å²) in [5.74, 6) is 1.29. The Labute approximate surface area is 153 Å². The number of methoxy groups -OCH3 is 1. The number of carbonyl (C=O) groups excluding carboxylic acids is 1. The van der Waals surface area contributed by atoms with Gasteiger partial charge >= 0.3 is 0 Å². The minimum Gasteiger partial charge on any atom is -0.496 e. The molecule has 0 aliphatic carbocycles. The van der Waals surface area contributed by atoms with Gasteiger partial charge in [0, 0.05) is 11.9 Å². The Bertz CT molecular complexity index is 833. The molecule has 0 aliphatic rings. The van der Waals surface area contributed by atoms with Crippen molar-refractivity contribution in [2.45, 2.75) is 11.8 Å². The van der Waals surface area contributed by atoms with Crippen LogP contribution in [-0.4, -0.2) is 40.9 Å². The molecule has 0 fully saturated rings. The third kappa shape index (κ3) is 4.40. The van der Waals surface area contributed by atoms with E-state index in [-0.39, 0.29) is 11.7 Å². The van der Waals surface area contributed by atoms with Gasteiger partial charge in [0.25, 0.3) is 11.1 Å². The standard InChI is InChI=1S/C17H17N3O3S2/c1-20(10-12-6-5-9-24-12)15(21)11-25-17-19-18-16(23-17)13-7-3-4-8-14(13)22-2/h3-9H,10-11H2,1-2H3. The second-order valence-electron chi connectivity index (χ2n) is 5.19. The Morgan fingerprint density at radius 2 is 2.12 bits per heavy atom. The lowest BCUT2D eigenvalue weighted by Gasteiger charge is -2.15. The van der Waals surface area contributed by atoms with Crippen molar-refractivity contribution in [3.63, 3.8) is 0 Å². The first-order chi connectivity index (χ1) is 12.2. The minimum atomic E-state index is 0.00967. The molecule has 6 nitrogen and oxygen atoms in total. The average Bonchev–Trinajstić information content (AvgIpc) is 3.31. The number of thiophene rings is 1. The number of amides is 1. The molecule has 1 aromatic carbocycles. The molecule has 0 bridgehead atoms. The second-order valence-corrected chi connectivity index (χ2v) is 7.15. The molecule has 0 radical (unpaired) electrons. The lowest BCUT2D eigenvalue weighted by molar-refractivity contribution is -0.127. The highest BCUT2D eigenvalue weighted by Gasteiger charge is 2.16. The number of carbonyl (C=O) groups is 1. The van der Waals surface area contributed by atoms with Crippen molar-refractivity contribution in [1.29, 1.82) is 0 Å². The van der Waals surface area contributed by atoms with Gasteiger partial charge in [-0.15, -0.1) is 21.5 Å². The Hall–Kier alpha value is -2.32. The summed E-state index contributed by atoms with van der Waals surface area (Å²) in [6, 6.07) is 11.4. The number of hydrogen-bond donors (Lipinski definition) is 0. The first-order valence-electron chi connectivity index (χ1n) is 7.53. The molecule has 0 saturated heterocycles. The molecule has 0 spiro atoms. The van der Waals surface area contributed by atoms with Crippen molar-refractivity contribution >= 4 is 29.0 Å². The number of benzene rings is 1. The Morgan fingerprint density at radius 3 is 2.88 bits per heavy atom. The van der Waals surface area contributed by atoms with Crippen molar-refractivity contribution in [3.8, 4) is 17.2 Å². The Kier molecular flexibility index (Phi) is 5.72. The van der Waals surface area contributed by atoms with E-state index in [1.807, 2.05) is 41.8 Å². The molecule has 0 unspecified atom stereocenters. The van der Waals surface area contributed by atoms with E-state index < -0.39 is 0 Å². The van der Waals surface area contributed by atoms with Crippen LogP contribution in [0.2, 0.25) is 0 Å². The third-order valence-corrected chi connectivity index (χ3v) is 5.13. The van der Waals surface area contributed by atoms with Crippen molar-refractivity contribution in [2.75, 3.05) is 19.9 Å². The molecule has 3 rings (SSSR count). The molecular weight excluding hydrogens is 358 g/mol. The summed E-state index contributed by atoms with van der Waals surface area (Å²) >= 11 is 2.86. The maximum absolute atomic E-state index is 12.2. The average molecular weight is 375 g/mol. The first-order valence-corrected chi connectivity index (χ1v) is 9.40. The summed E-state index contributed by atoms with van der Waals surface area (Å²) in [7, 11) is 3.38. The highest BCUT2D eigenvalue weighted by molar-refractivity contribution is 7.99. The molecule has 3 aromatic rings. The molecule has 25 heavy (non-hydrogen) atoms. The number of aromatic nitrogens is 2. The molecular formula is C17H17N3O3S2. The van der Waals surface area contributed by atoms with Crippen LogP contribution in [0.4, 0.5) is 0 Å². The van der Waals surface area contributed by atoms with Gasteiger partial charge in [0.2, 0.25) is 5.91 Å². The van der Waals surface area contributed by atoms with Gasteiger partial charge in [0.1, 0.15) is 5.75 Å². The summed E-state index contributed by atoms with van der Waals surface area (Å²) in [6.45, 7) is 0.605. The van der Waals surface area contributed by atoms with Gasteiger partial charge in [-0.25, -0.2) is 0 Å². The number of para-hydroxylation sites is 1. The van der Waals surface area contributed by atoms with E-state index in [2.05, 4.69) is 10.2 Å². The van der Waals surface area contributed by atoms with E-state index in [9.17, 15) is 4.79 Å². The van der Waals surface area contributed by atoms with Crippen molar-refractivity contribution in [1.82, 2.24) is 15.1 Å². The largest absolute Gasteiger partial charge is 0.496 e. The van der Waals surface area contributed by atoms with Gasteiger partial charge in [-0.3, -0.25) is 4.79 Å². The van der Waals surface area contributed by atoms with Crippen LogP contribution in [-0.2, 0) is 11.3 Å². The Morgan fingerprint density at radius 1 is 1.28 bits per heavy atom. The zero-order valence-corrected chi connectivity index (χ0v) is 15.5. The molecule has 8 heteroatoms. The molecule has 130 valence electrons. The van der Waals surface area contributed by atoms with E-state index in [1.54, 1.807) is 30.4 Å². The molecule has 0 atom stereocenters. The van der Waals surface area contributed by atoms with Crippen LogP contribution in [0.1, 0.15) is 4.88 Å².